The Morgan fingerprint density at radius 2 is 1.81 bits per heavy atom. The van der Waals surface area contributed by atoms with Crippen LogP contribution in [0.15, 0.2) is 24.3 Å². The Morgan fingerprint density at radius 3 is 2.50 bits per heavy atom. The molecule has 1 aromatic carbocycles. The van der Waals surface area contributed by atoms with Crippen molar-refractivity contribution in [3.63, 3.8) is 0 Å². The van der Waals surface area contributed by atoms with Crippen LogP contribution in [0.5, 0.6) is 0 Å². The van der Waals surface area contributed by atoms with Gasteiger partial charge in [0.2, 0.25) is 15.9 Å². The predicted octanol–water partition coefficient (Wildman–Crippen LogP) is 1.78. The van der Waals surface area contributed by atoms with Crippen molar-refractivity contribution in [2.75, 3.05) is 43.9 Å². The number of piperazine rings is 1. The Hall–Kier alpha value is -2.13. The number of ether oxygens (including phenoxy) is 1. The van der Waals surface area contributed by atoms with Gasteiger partial charge in [-0.15, -0.1) is 0 Å². The van der Waals surface area contributed by atoms with E-state index in [1.165, 1.54) is 16.3 Å². The summed E-state index contributed by atoms with van der Waals surface area (Å²) in [7, 11) is -2.45. The smallest absolute Gasteiger partial charge is 0.328 e. The highest BCUT2D eigenvalue weighted by Gasteiger charge is 2.48. The molecule has 2 heterocycles. The van der Waals surface area contributed by atoms with Gasteiger partial charge in [-0.1, -0.05) is 25.0 Å². The molecule has 1 aromatic rings. The fraction of sp³-hybridized carbons (Fsp3) is 0.652. The molecule has 176 valence electrons. The summed E-state index contributed by atoms with van der Waals surface area (Å²) in [5.74, 6) is -1.26. The summed E-state index contributed by atoms with van der Waals surface area (Å²) in [4.78, 5) is 29.3. The quantitative estimate of drug-likeness (QED) is 0.619. The van der Waals surface area contributed by atoms with Gasteiger partial charge in [-0.3, -0.25) is 4.79 Å². The van der Waals surface area contributed by atoms with Crippen molar-refractivity contribution < 1.29 is 22.7 Å². The van der Waals surface area contributed by atoms with E-state index >= 15 is 0 Å². The van der Waals surface area contributed by atoms with Gasteiger partial charge < -0.3 is 14.5 Å². The molecule has 8 nitrogen and oxygen atoms in total. The minimum atomic E-state index is -3.76. The summed E-state index contributed by atoms with van der Waals surface area (Å²) in [5, 5.41) is 0. The number of carbonyl (C=O) groups excluding carboxylic acids is 2. The molecule has 4 rings (SSSR count). The van der Waals surface area contributed by atoms with Gasteiger partial charge in [0.15, 0.2) is 0 Å². The van der Waals surface area contributed by atoms with E-state index in [2.05, 4.69) is 11.0 Å². The summed E-state index contributed by atoms with van der Waals surface area (Å²) in [6, 6.07) is 7.42. The SMILES string of the molecule is COC(=O)C1CC2CCCCC2N1C(=O)CS(=O)(=O)N1CCN(c2cccc(C)c2)CC1. The molecule has 2 aliphatic heterocycles. The van der Waals surface area contributed by atoms with Gasteiger partial charge in [-0.25, -0.2) is 13.2 Å². The highest BCUT2D eigenvalue weighted by Crippen LogP contribution is 2.40. The third-order valence-corrected chi connectivity index (χ3v) is 8.92. The lowest BCUT2D eigenvalue weighted by Crippen LogP contribution is -2.53. The minimum Gasteiger partial charge on any atom is -0.467 e. The number of anilines is 1. The van der Waals surface area contributed by atoms with E-state index < -0.39 is 33.7 Å². The number of sulfonamides is 1. The van der Waals surface area contributed by atoms with E-state index in [0.717, 1.165) is 36.9 Å². The van der Waals surface area contributed by atoms with Crippen molar-refractivity contribution in [3.8, 4) is 0 Å². The number of esters is 1. The molecule has 1 aliphatic carbocycles. The lowest BCUT2D eigenvalue weighted by Gasteiger charge is -2.36. The maximum absolute atomic E-state index is 13.2. The maximum Gasteiger partial charge on any atom is 0.328 e. The second kappa shape index (κ2) is 9.39. The monoisotopic (exact) mass is 463 g/mol. The van der Waals surface area contributed by atoms with Crippen LogP contribution in [-0.4, -0.2) is 80.6 Å². The Balaban J connectivity index is 1.42. The molecule has 0 spiro atoms. The van der Waals surface area contributed by atoms with Gasteiger partial charge in [-0.05, 0) is 49.8 Å². The van der Waals surface area contributed by atoms with Crippen molar-refractivity contribution >= 4 is 27.6 Å². The third-order valence-electron chi connectivity index (χ3n) is 7.15. The predicted molar refractivity (Wildman–Crippen MR) is 122 cm³/mol. The summed E-state index contributed by atoms with van der Waals surface area (Å²) in [6.45, 7) is 3.88. The molecule has 2 saturated heterocycles. The number of hydrogen-bond acceptors (Lipinski definition) is 6. The number of fused-ring (bicyclic) bond motifs is 1. The first-order valence-corrected chi connectivity index (χ1v) is 13.1. The highest BCUT2D eigenvalue weighted by atomic mass is 32.2. The van der Waals surface area contributed by atoms with Crippen LogP contribution in [0.1, 0.15) is 37.7 Å². The number of aryl methyl sites for hydroxylation is 1. The fourth-order valence-electron chi connectivity index (χ4n) is 5.54. The first kappa shape index (κ1) is 23.0. The number of likely N-dealkylation sites (tertiary alicyclic amines) is 1. The highest BCUT2D eigenvalue weighted by molar-refractivity contribution is 7.89. The topological polar surface area (TPSA) is 87.2 Å². The Bertz CT molecular complexity index is 958. The van der Waals surface area contributed by atoms with Crippen LogP contribution in [0.4, 0.5) is 5.69 Å². The molecule has 32 heavy (non-hydrogen) atoms. The average molecular weight is 464 g/mol. The van der Waals surface area contributed by atoms with Crippen molar-refractivity contribution in [1.82, 2.24) is 9.21 Å². The van der Waals surface area contributed by atoms with Crippen molar-refractivity contribution in [2.45, 2.75) is 51.1 Å². The molecule has 3 atom stereocenters. The van der Waals surface area contributed by atoms with Gasteiger partial charge in [0.1, 0.15) is 11.8 Å². The van der Waals surface area contributed by atoms with Gasteiger partial charge in [0.25, 0.3) is 0 Å². The summed E-state index contributed by atoms with van der Waals surface area (Å²) >= 11 is 0. The Labute approximate surface area is 190 Å². The molecule has 1 saturated carbocycles. The summed E-state index contributed by atoms with van der Waals surface area (Å²) in [6.07, 6.45) is 4.43. The fourth-order valence-corrected chi connectivity index (χ4v) is 6.90. The number of benzene rings is 1. The van der Waals surface area contributed by atoms with E-state index in [4.69, 9.17) is 4.74 Å². The van der Waals surface area contributed by atoms with Crippen molar-refractivity contribution in [1.29, 1.82) is 0 Å². The summed E-state index contributed by atoms with van der Waals surface area (Å²) < 4.78 is 32.5. The zero-order valence-corrected chi connectivity index (χ0v) is 19.7. The minimum absolute atomic E-state index is 0.0614. The lowest BCUT2D eigenvalue weighted by atomic mass is 9.85. The normalized spacial score (nSPS) is 26.6. The lowest BCUT2D eigenvalue weighted by molar-refractivity contribution is -0.151. The molecule has 3 aliphatic rings. The van der Waals surface area contributed by atoms with E-state index in [0.29, 0.717) is 32.6 Å². The van der Waals surface area contributed by atoms with Crippen LogP contribution in [0.25, 0.3) is 0 Å². The standard InChI is InChI=1S/C23H33N3O5S/c1-17-6-5-8-19(14-17)24-10-12-25(13-11-24)32(29,30)16-22(27)26-20-9-4-3-7-18(20)15-21(26)23(28)31-2/h5-6,8,14,18,20-21H,3-4,7,9-13,15-16H2,1-2H3. The molecule has 0 aromatic heterocycles. The zero-order chi connectivity index (χ0) is 22.9. The number of methoxy groups -OCH3 is 1. The second-order valence-electron chi connectivity index (χ2n) is 9.17. The number of amides is 1. The molecular formula is C23H33N3O5S. The average Bonchev–Trinajstić information content (AvgIpc) is 3.18. The molecule has 1 amide bonds. The van der Waals surface area contributed by atoms with Crippen LogP contribution < -0.4 is 4.90 Å². The van der Waals surface area contributed by atoms with Crippen molar-refractivity contribution in [2.24, 2.45) is 5.92 Å². The zero-order valence-electron chi connectivity index (χ0n) is 18.9. The molecule has 3 fully saturated rings. The van der Waals surface area contributed by atoms with Crippen molar-refractivity contribution in [3.05, 3.63) is 29.8 Å². The van der Waals surface area contributed by atoms with E-state index in [-0.39, 0.29) is 12.0 Å². The molecule has 0 radical (unpaired) electrons. The Morgan fingerprint density at radius 1 is 1.09 bits per heavy atom. The first-order chi connectivity index (χ1) is 15.3. The summed E-state index contributed by atoms with van der Waals surface area (Å²) in [5.41, 5.74) is 2.24. The van der Waals surface area contributed by atoms with Crippen LogP contribution in [0.3, 0.4) is 0 Å². The van der Waals surface area contributed by atoms with Crippen LogP contribution in [0, 0.1) is 12.8 Å². The molecule has 0 N–H and O–H groups in total. The van der Waals surface area contributed by atoms with E-state index in [1.807, 2.05) is 25.1 Å². The van der Waals surface area contributed by atoms with E-state index in [1.54, 1.807) is 0 Å². The van der Waals surface area contributed by atoms with Gasteiger partial charge in [0, 0.05) is 37.9 Å². The number of carbonyl (C=O) groups is 2. The third kappa shape index (κ3) is 4.64. The Kier molecular flexibility index (Phi) is 6.76. The molecule has 9 heteroatoms. The van der Waals surface area contributed by atoms with Crippen LogP contribution in [-0.2, 0) is 24.3 Å². The second-order valence-corrected chi connectivity index (χ2v) is 11.1. The molecular weight excluding hydrogens is 430 g/mol. The van der Waals surface area contributed by atoms with Gasteiger partial charge >= 0.3 is 5.97 Å². The largest absolute Gasteiger partial charge is 0.467 e. The first-order valence-electron chi connectivity index (χ1n) is 11.5. The maximum atomic E-state index is 13.2. The van der Waals surface area contributed by atoms with Crippen LogP contribution in [0.2, 0.25) is 0 Å². The molecule has 3 unspecified atom stereocenters. The molecule has 0 bridgehead atoms. The number of nitrogens with zero attached hydrogens (tertiary/aromatic N) is 3. The number of hydrogen-bond donors (Lipinski definition) is 0. The number of rotatable bonds is 5. The van der Waals surface area contributed by atoms with Gasteiger partial charge in [0.05, 0.1) is 7.11 Å². The van der Waals surface area contributed by atoms with Gasteiger partial charge in [-0.2, -0.15) is 4.31 Å². The van der Waals surface area contributed by atoms with Crippen LogP contribution >= 0.6 is 0 Å². The van der Waals surface area contributed by atoms with E-state index in [9.17, 15) is 18.0 Å².